The van der Waals surface area contributed by atoms with Crippen LogP contribution in [0.4, 0.5) is 0 Å². The van der Waals surface area contributed by atoms with E-state index in [-0.39, 0.29) is 6.04 Å². The summed E-state index contributed by atoms with van der Waals surface area (Å²) in [5.74, 6) is 6.91. The van der Waals surface area contributed by atoms with E-state index >= 15 is 0 Å². The molecule has 1 aromatic heterocycles. The fourth-order valence-corrected chi connectivity index (χ4v) is 1.62. The van der Waals surface area contributed by atoms with E-state index in [1.54, 1.807) is 6.26 Å². The number of hydrazine groups is 1. The lowest BCUT2D eigenvalue weighted by Gasteiger charge is -2.20. The van der Waals surface area contributed by atoms with Crippen LogP contribution in [-0.2, 0) is 0 Å². The van der Waals surface area contributed by atoms with Crippen LogP contribution < -0.4 is 11.3 Å². The molecule has 0 radical (unpaired) electrons. The van der Waals surface area contributed by atoms with Gasteiger partial charge in [0.15, 0.2) is 0 Å². The topological polar surface area (TPSA) is 51.2 Å². The van der Waals surface area contributed by atoms with Crippen molar-refractivity contribution in [2.24, 2.45) is 11.8 Å². The Bertz CT molecular complexity index is 221. The van der Waals surface area contributed by atoms with Gasteiger partial charge in [0.2, 0.25) is 0 Å². The van der Waals surface area contributed by atoms with Crippen LogP contribution in [0.1, 0.15) is 38.5 Å². The molecule has 0 saturated heterocycles. The predicted molar refractivity (Wildman–Crippen MR) is 52.8 cm³/mol. The van der Waals surface area contributed by atoms with Crippen LogP contribution in [-0.4, -0.2) is 0 Å². The number of nitrogens with two attached hydrogens (primary N) is 1. The average molecular weight is 182 g/mol. The smallest absolute Gasteiger partial charge is 0.122 e. The quantitative estimate of drug-likeness (QED) is 0.542. The molecular weight excluding hydrogens is 164 g/mol. The first-order valence-electron chi connectivity index (χ1n) is 4.79. The van der Waals surface area contributed by atoms with Crippen molar-refractivity contribution in [1.82, 2.24) is 5.43 Å². The fourth-order valence-electron chi connectivity index (χ4n) is 1.62. The SMILES string of the molecule is CCCC(C)C(NN)c1ccco1. The summed E-state index contributed by atoms with van der Waals surface area (Å²) < 4.78 is 5.31. The molecule has 1 heterocycles. The molecule has 3 N–H and O–H groups in total. The van der Waals surface area contributed by atoms with E-state index in [0.717, 1.165) is 12.2 Å². The van der Waals surface area contributed by atoms with Crippen LogP contribution in [0.2, 0.25) is 0 Å². The lowest BCUT2D eigenvalue weighted by atomic mass is 9.96. The summed E-state index contributed by atoms with van der Waals surface area (Å²) >= 11 is 0. The molecule has 0 amide bonds. The van der Waals surface area contributed by atoms with E-state index in [2.05, 4.69) is 19.3 Å². The third kappa shape index (κ3) is 2.57. The zero-order chi connectivity index (χ0) is 9.68. The molecule has 0 aliphatic heterocycles. The van der Waals surface area contributed by atoms with E-state index < -0.39 is 0 Å². The molecule has 0 spiro atoms. The average Bonchev–Trinajstić information content (AvgIpc) is 2.59. The molecule has 2 atom stereocenters. The Morgan fingerprint density at radius 2 is 2.38 bits per heavy atom. The third-order valence-electron chi connectivity index (χ3n) is 2.34. The maximum absolute atomic E-state index is 5.49. The molecule has 0 saturated carbocycles. The van der Waals surface area contributed by atoms with Gasteiger partial charge in [-0.3, -0.25) is 5.84 Å². The van der Waals surface area contributed by atoms with Crippen LogP contribution in [0.5, 0.6) is 0 Å². The second kappa shape index (κ2) is 5.04. The van der Waals surface area contributed by atoms with Crippen molar-refractivity contribution in [3.8, 4) is 0 Å². The van der Waals surface area contributed by atoms with Gasteiger partial charge in [0.25, 0.3) is 0 Å². The fraction of sp³-hybridized carbons (Fsp3) is 0.600. The van der Waals surface area contributed by atoms with Gasteiger partial charge in [-0.1, -0.05) is 20.3 Å². The normalized spacial score (nSPS) is 15.6. The van der Waals surface area contributed by atoms with Crippen molar-refractivity contribution >= 4 is 0 Å². The summed E-state index contributed by atoms with van der Waals surface area (Å²) in [5.41, 5.74) is 2.80. The van der Waals surface area contributed by atoms with Gasteiger partial charge in [-0.25, -0.2) is 5.43 Å². The molecule has 0 aliphatic carbocycles. The number of nitrogens with one attached hydrogen (secondary N) is 1. The molecule has 1 rings (SSSR count). The Kier molecular flexibility index (Phi) is 3.99. The van der Waals surface area contributed by atoms with E-state index in [1.165, 1.54) is 6.42 Å². The van der Waals surface area contributed by atoms with Crippen LogP contribution in [0.15, 0.2) is 22.8 Å². The van der Waals surface area contributed by atoms with Gasteiger partial charge in [0, 0.05) is 0 Å². The Balaban J connectivity index is 2.62. The lowest BCUT2D eigenvalue weighted by molar-refractivity contribution is 0.314. The van der Waals surface area contributed by atoms with Gasteiger partial charge in [-0.2, -0.15) is 0 Å². The lowest BCUT2D eigenvalue weighted by Crippen LogP contribution is -2.32. The van der Waals surface area contributed by atoms with Crippen molar-refractivity contribution < 1.29 is 4.42 Å². The highest BCUT2D eigenvalue weighted by molar-refractivity contribution is 5.05. The van der Waals surface area contributed by atoms with Crippen molar-refractivity contribution in [2.75, 3.05) is 0 Å². The summed E-state index contributed by atoms with van der Waals surface area (Å²) in [5, 5.41) is 0. The molecule has 0 aromatic carbocycles. The zero-order valence-corrected chi connectivity index (χ0v) is 8.29. The second-order valence-corrected chi connectivity index (χ2v) is 3.43. The minimum atomic E-state index is 0.134. The molecule has 74 valence electrons. The molecule has 0 bridgehead atoms. The minimum absolute atomic E-state index is 0.134. The highest BCUT2D eigenvalue weighted by atomic mass is 16.3. The first kappa shape index (κ1) is 10.3. The number of hydrogen-bond donors (Lipinski definition) is 2. The molecule has 13 heavy (non-hydrogen) atoms. The summed E-state index contributed by atoms with van der Waals surface area (Å²) in [4.78, 5) is 0. The highest BCUT2D eigenvalue weighted by Crippen LogP contribution is 2.24. The summed E-state index contributed by atoms with van der Waals surface area (Å²) in [6.45, 7) is 4.35. The summed E-state index contributed by atoms with van der Waals surface area (Å²) in [7, 11) is 0. The highest BCUT2D eigenvalue weighted by Gasteiger charge is 2.19. The predicted octanol–water partition coefficient (Wildman–Crippen LogP) is 2.22. The van der Waals surface area contributed by atoms with Gasteiger partial charge in [-0.05, 0) is 24.5 Å². The van der Waals surface area contributed by atoms with Crippen molar-refractivity contribution in [3.05, 3.63) is 24.2 Å². The van der Waals surface area contributed by atoms with Crippen LogP contribution in [0.25, 0.3) is 0 Å². The molecule has 3 heteroatoms. The maximum atomic E-state index is 5.49. The molecule has 1 aromatic rings. The Labute approximate surface area is 79.3 Å². The summed E-state index contributed by atoms with van der Waals surface area (Å²) in [6, 6.07) is 3.98. The minimum Gasteiger partial charge on any atom is -0.468 e. The molecule has 0 aliphatic rings. The second-order valence-electron chi connectivity index (χ2n) is 3.43. The van der Waals surface area contributed by atoms with Gasteiger partial charge >= 0.3 is 0 Å². The van der Waals surface area contributed by atoms with Crippen molar-refractivity contribution in [3.63, 3.8) is 0 Å². The third-order valence-corrected chi connectivity index (χ3v) is 2.34. The summed E-state index contributed by atoms with van der Waals surface area (Å²) in [6.07, 6.45) is 3.99. The first-order valence-corrected chi connectivity index (χ1v) is 4.79. The van der Waals surface area contributed by atoms with Gasteiger partial charge in [0.1, 0.15) is 5.76 Å². The number of furan rings is 1. The van der Waals surface area contributed by atoms with Gasteiger partial charge < -0.3 is 4.42 Å². The van der Waals surface area contributed by atoms with Gasteiger partial charge in [-0.15, -0.1) is 0 Å². The van der Waals surface area contributed by atoms with Crippen LogP contribution >= 0.6 is 0 Å². The van der Waals surface area contributed by atoms with Gasteiger partial charge in [0.05, 0.1) is 12.3 Å². The largest absolute Gasteiger partial charge is 0.468 e. The Morgan fingerprint density at radius 1 is 1.62 bits per heavy atom. The Hall–Kier alpha value is -0.800. The first-order chi connectivity index (χ1) is 6.29. The standard InChI is InChI=1S/C10H18N2O/c1-3-5-8(2)10(12-11)9-6-4-7-13-9/h4,6-8,10,12H,3,5,11H2,1-2H3. The molecule has 3 nitrogen and oxygen atoms in total. The van der Waals surface area contributed by atoms with E-state index in [1.807, 2.05) is 12.1 Å². The Morgan fingerprint density at radius 3 is 2.85 bits per heavy atom. The zero-order valence-electron chi connectivity index (χ0n) is 8.29. The molecule has 0 fully saturated rings. The van der Waals surface area contributed by atoms with Crippen LogP contribution in [0.3, 0.4) is 0 Å². The van der Waals surface area contributed by atoms with Crippen molar-refractivity contribution in [2.45, 2.75) is 32.7 Å². The van der Waals surface area contributed by atoms with Crippen molar-refractivity contribution in [1.29, 1.82) is 0 Å². The van der Waals surface area contributed by atoms with E-state index in [9.17, 15) is 0 Å². The maximum Gasteiger partial charge on any atom is 0.122 e. The number of rotatable bonds is 5. The van der Waals surface area contributed by atoms with E-state index in [0.29, 0.717) is 5.92 Å². The molecule has 2 unspecified atom stereocenters. The monoisotopic (exact) mass is 182 g/mol. The van der Waals surface area contributed by atoms with E-state index in [4.69, 9.17) is 10.3 Å². The molecular formula is C10H18N2O. The van der Waals surface area contributed by atoms with Crippen LogP contribution in [0, 0.1) is 5.92 Å². The number of hydrogen-bond acceptors (Lipinski definition) is 3.